The number of furan rings is 1. The lowest BCUT2D eigenvalue weighted by Gasteiger charge is -2.27. The van der Waals surface area contributed by atoms with Crippen molar-refractivity contribution in [3.8, 4) is 0 Å². The molecule has 1 fully saturated rings. The molecular formula is C15H13ClO2. The quantitative estimate of drug-likeness (QED) is 0.764. The molecule has 0 spiro atoms. The zero-order valence-electron chi connectivity index (χ0n) is 9.86. The van der Waals surface area contributed by atoms with Gasteiger partial charge in [0.05, 0.1) is 11.8 Å². The maximum absolute atomic E-state index is 12.4. The molecule has 0 saturated heterocycles. The molecule has 3 rings (SSSR count). The molecule has 1 aromatic carbocycles. The molecule has 18 heavy (non-hydrogen) atoms. The number of halogens is 1. The largest absolute Gasteiger partial charge is 0.452 e. The standard InChI is InChI=1S/C15H13ClO2/c16-15-13(8-9-18-15)14(17)12-7-2-1-6-11(12)10-4-3-5-10/h1-2,6-10H,3-5H2. The second-order valence-electron chi connectivity index (χ2n) is 4.65. The van der Waals surface area contributed by atoms with Crippen molar-refractivity contribution in [2.24, 2.45) is 0 Å². The van der Waals surface area contributed by atoms with Crippen molar-refractivity contribution in [2.45, 2.75) is 25.2 Å². The van der Waals surface area contributed by atoms with E-state index < -0.39 is 0 Å². The van der Waals surface area contributed by atoms with Crippen LogP contribution in [0.2, 0.25) is 5.22 Å². The minimum absolute atomic E-state index is 0.0451. The van der Waals surface area contributed by atoms with Crippen molar-refractivity contribution < 1.29 is 9.21 Å². The summed E-state index contributed by atoms with van der Waals surface area (Å²) in [6.07, 6.45) is 5.04. The molecule has 1 aliphatic carbocycles. The van der Waals surface area contributed by atoms with Gasteiger partial charge in [0, 0.05) is 5.56 Å². The summed E-state index contributed by atoms with van der Waals surface area (Å²) in [5, 5.41) is 0.170. The SMILES string of the molecule is O=C(c1ccccc1C1CCC1)c1ccoc1Cl. The van der Waals surface area contributed by atoms with Gasteiger partial charge in [-0.05, 0) is 42.0 Å². The van der Waals surface area contributed by atoms with E-state index >= 15 is 0 Å². The average molecular weight is 261 g/mol. The van der Waals surface area contributed by atoms with Gasteiger partial charge in [-0.2, -0.15) is 0 Å². The highest BCUT2D eigenvalue weighted by atomic mass is 35.5. The Labute approximate surface area is 111 Å². The Kier molecular flexibility index (Phi) is 2.96. The van der Waals surface area contributed by atoms with Crippen LogP contribution < -0.4 is 0 Å². The van der Waals surface area contributed by atoms with Gasteiger partial charge in [-0.15, -0.1) is 0 Å². The summed E-state index contributed by atoms with van der Waals surface area (Å²) in [5.74, 6) is 0.479. The molecule has 0 aliphatic heterocycles. The smallest absolute Gasteiger partial charge is 0.204 e. The van der Waals surface area contributed by atoms with Crippen molar-refractivity contribution >= 4 is 17.4 Å². The van der Waals surface area contributed by atoms with E-state index in [4.69, 9.17) is 16.0 Å². The number of carbonyl (C=O) groups excluding carboxylic acids is 1. The first-order valence-electron chi connectivity index (χ1n) is 6.14. The summed E-state index contributed by atoms with van der Waals surface area (Å²) >= 11 is 5.88. The second-order valence-corrected chi connectivity index (χ2v) is 5.00. The molecule has 1 saturated carbocycles. The third-order valence-corrected chi connectivity index (χ3v) is 3.91. The minimum Gasteiger partial charge on any atom is -0.452 e. The molecule has 0 bridgehead atoms. The van der Waals surface area contributed by atoms with Crippen LogP contribution in [-0.4, -0.2) is 5.78 Å². The maximum Gasteiger partial charge on any atom is 0.204 e. The third-order valence-electron chi connectivity index (χ3n) is 3.61. The monoisotopic (exact) mass is 260 g/mol. The van der Waals surface area contributed by atoms with E-state index in [1.807, 2.05) is 24.3 Å². The molecule has 1 heterocycles. The van der Waals surface area contributed by atoms with Crippen LogP contribution in [0.3, 0.4) is 0 Å². The fraction of sp³-hybridized carbons (Fsp3) is 0.267. The molecular weight excluding hydrogens is 248 g/mol. The fourth-order valence-corrected chi connectivity index (χ4v) is 2.58. The van der Waals surface area contributed by atoms with Gasteiger partial charge in [-0.3, -0.25) is 4.79 Å². The molecule has 2 nitrogen and oxygen atoms in total. The van der Waals surface area contributed by atoms with Crippen molar-refractivity contribution in [1.29, 1.82) is 0 Å². The van der Waals surface area contributed by atoms with Crippen molar-refractivity contribution in [3.05, 3.63) is 58.5 Å². The first-order valence-corrected chi connectivity index (χ1v) is 6.52. The number of hydrogen-bond donors (Lipinski definition) is 0. The number of rotatable bonds is 3. The van der Waals surface area contributed by atoms with Crippen molar-refractivity contribution in [3.63, 3.8) is 0 Å². The summed E-state index contributed by atoms with van der Waals surface area (Å²) in [7, 11) is 0. The van der Waals surface area contributed by atoms with Crippen molar-refractivity contribution in [2.75, 3.05) is 0 Å². The summed E-state index contributed by atoms with van der Waals surface area (Å²) in [5.41, 5.74) is 2.35. The molecule has 92 valence electrons. The Morgan fingerprint density at radius 3 is 2.56 bits per heavy atom. The lowest BCUT2D eigenvalue weighted by molar-refractivity contribution is 0.103. The van der Waals surface area contributed by atoms with E-state index in [-0.39, 0.29) is 11.0 Å². The first kappa shape index (κ1) is 11.5. The molecule has 0 amide bonds. The minimum atomic E-state index is -0.0451. The van der Waals surface area contributed by atoms with Gasteiger partial charge >= 0.3 is 0 Å². The van der Waals surface area contributed by atoms with Gasteiger partial charge in [0.2, 0.25) is 5.22 Å². The Balaban J connectivity index is 2.01. The Morgan fingerprint density at radius 1 is 1.17 bits per heavy atom. The number of carbonyl (C=O) groups is 1. The molecule has 1 aliphatic rings. The van der Waals surface area contributed by atoms with E-state index in [0.29, 0.717) is 11.5 Å². The summed E-state index contributed by atoms with van der Waals surface area (Å²) < 4.78 is 4.99. The lowest BCUT2D eigenvalue weighted by Crippen LogP contribution is -2.14. The van der Waals surface area contributed by atoms with Crippen LogP contribution >= 0.6 is 11.6 Å². The van der Waals surface area contributed by atoms with E-state index in [1.54, 1.807) is 6.07 Å². The van der Waals surface area contributed by atoms with Gasteiger partial charge in [0.1, 0.15) is 0 Å². The van der Waals surface area contributed by atoms with Crippen LogP contribution in [0.25, 0.3) is 0 Å². The molecule has 0 N–H and O–H groups in total. The topological polar surface area (TPSA) is 30.2 Å². The zero-order valence-corrected chi connectivity index (χ0v) is 10.6. The Bertz CT molecular complexity index is 582. The van der Waals surface area contributed by atoms with Crippen LogP contribution in [0.5, 0.6) is 0 Å². The summed E-state index contributed by atoms with van der Waals surface area (Å²) in [6, 6.07) is 9.43. The highest BCUT2D eigenvalue weighted by molar-refractivity contribution is 6.33. The fourth-order valence-electron chi connectivity index (χ4n) is 2.38. The summed E-state index contributed by atoms with van der Waals surface area (Å²) in [6.45, 7) is 0. The molecule has 2 aromatic rings. The van der Waals surface area contributed by atoms with Crippen LogP contribution in [0.15, 0.2) is 41.0 Å². The molecule has 3 heteroatoms. The van der Waals surface area contributed by atoms with E-state index in [0.717, 1.165) is 11.1 Å². The van der Waals surface area contributed by atoms with E-state index in [2.05, 4.69) is 0 Å². The molecule has 0 atom stereocenters. The van der Waals surface area contributed by atoms with Gasteiger partial charge in [-0.25, -0.2) is 0 Å². The van der Waals surface area contributed by atoms with E-state index in [1.165, 1.54) is 25.5 Å². The van der Waals surface area contributed by atoms with Gasteiger partial charge in [-0.1, -0.05) is 30.7 Å². The van der Waals surface area contributed by atoms with Crippen LogP contribution in [0.1, 0.15) is 46.7 Å². The summed E-state index contributed by atoms with van der Waals surface area (Å²) in [4.78, 5) is 12.4. The molecule has 0 radical (unpaired) electrons. The van der Waals surface area contributed by atoms with Crippen LogP contribution in [0.4, 0.5) is 0 Å². The Hall–Kier alpha value is -1.54. The second kappa shape index (κ2) is 4.62. The highest BCUT2D eigenvalue weighted by Gasteiger charge is 2.25. The Morgan fingerprint density at radius 2 is 1.94 bits per heavy atom. The van der Waals surface area contributed by atoms with Gasteiger partial charge in [0.15, 0.2) is 5.78 Å². The molecule has 1 aromatic heterocycles. The van der Waals surface area contributed by atoms with Crippen LogP contribution in [0, 0.1) is 0 Å². The average Bonchev–Trinajstić information content (AvgIpc) is 2.73. The van der Waals surface area contributed by atoms with E-state index in [9.17, 15) is 4.79 Å². The predicted molar refractivity (Wildman–Crippen MR) is 70.2 cm³/mol. The zero-order chi connectivity index (χ0) is 12.5. The maximum atomic E-state index is 12.4. The van der Waals surface area contributed by atoms with Crippen molar-refractivity contribution in [1.82, 2.24) is 0 Å². The van der Waals surface area contributed by atoms with Crippen LogP contribution in [-0.2, 0) is 0 Å². The lowest BCUT2D eigenvalue weighted by atomic mass is 9.77. The van der Waals surface area contributed by atoms with Gasteiger partial charge < -0.3 is 4.42 Å². The first-order chi connectivity index (χ1) is 8.77. The number of benzene rings is 1. The predicted octanol–water partition coefficient (Wildman–Crippen LogP) is 4.43. The number of hydrogen-bond acceptors (Lipinski definition) is 2. The highest BCUT2D eigenvalue weighted by Crippen LogP contribution is 2.38. The molecule has 0 unspecified atom stereocenters. The third kappa shape index (κ3) is 1.87. The van der Waals surface area contributed by atoms with Gasteiger partial charge in [0.25, 0.3) is 0 Å². The normalized spacial score (nSPS) is 15.4. The number of ketones is 1.